The standard InChI is InChI=1S/C19H19ClN2O/c1-22-12-11-17-15(13-22)3-2-4-18(17)21-19(23)10-7-14-5-8-16(20)9-6-14/h2-10H,11-13H2,1H3,(H,21,23)/b10-7+. The maximum Gasteiger partial charge on any atom is 0.248 e. The third-order valence-corrected chi connectivity index (χ3v) is 4.26. The number of fused-ring (bicyclic) bond motifs is 1. The summed E-state index contributed by atoms with van der Waals surface area (Å²) in [5.74, 6) is -0.118. The van der Waals surface area contributed by atoms with Crippen molar-refractivity contribution in [3.8, 4) is 0 Å². The van der Waals surface area contributed by atoms with E-state index in [-0.39, 0.29) is 5.91 Å². The summed E-state index contributed by atoms with van der Waals surface area (Å²) in [5, 5.41) is 3.68. The highest BCUT2D eigenvalue weighted by Gasteiger charge is 2.16. The Morgan fingerprint density at radius 1 is 1.22 bits per heavy atom. The Balaban J connectivity index is 1.71. The van der Waals surface area contributed by atoms with Crippen LogP contribution in [0.1, 0.15) is 16.7 Å². The zero-order valence-electron chi connectivity index (χ0n) is 13.1. The first-order chi connectivity index (χ1) is 11.1. The fourth-order valence-electron chi connectivity index (χ4n) is 2.79. The van der Waals surface area contributed by atoms with Gasteiger partial charge in [0.2, 0.25) is 5.91 Å². The lowest BCUT2D eigenvalue weighted by Gasteiger charge is -2.26. The van der Waals surface area contributed by atoms with Gasteiger partial charge in [0.05, 0.1) is 0 Å². The van der Waals surface area contributed by atoms with Gasteiger partial charge in [0.15, 0.2) is 0 Å². The summed E-state index contributed by atoms with van der Waals surface area (Å²) in [6.45, 7) is 1.94. The third-order valence-electron chi connectivity index (χ3n) is 4.01. The number of amides is 1. The second-order valence-corrected chi connectivity index (χ2v) is 6.24. The molecule has 1 aliphatic heterocycles. The molecule has 0 saturated heterocycles. The van der Waals surface area contributed by atoms with Gasteiger partial charge in [-0.05, 0) is 54.4 Å². The van der Waals surface area contributed by atoms with Crippen molar-refractivity contribution in [1.82, 2.24) is 4.90 Å². The molecule has 1 heterocycles. The molecule has 0 spiro atoms. The van der Waals surface area contributed by atoms with Crippen molar-refractivity contribution >= 4 is 29.3 Å². The van der Waals surface area contributed by atoms with Crippen LogP contribution in [0.3, 0.4) is 0 Å². The Kier molecular flexibility index (Phi) is 4.79. The molecule has 23 heavy (non-hydrogen) atoms. The summed E-state index contributed by atoms with van der Waals surface area (Å²) in [5.41, 5.74) is 4.40. The van der Waals surface area contributed by atoms with Crippen molar-refractivity contribution in [2.75, 3.05) is 18.9 Å². The zero-order valence-corrected chi connectivity index (χ0v) is 13.8. The Morgan fingerprint density at radius 2 is 2.00 bits per heavy atom. The van der Waals surface area contributed by atoms with Crippen LogP contribution in [-0.4, -0.2) is 24.4 Å². The SMILES string of the molecule is CN1CCc2c(cccc2NC(=O)/C=C/c2ccc(Cl)cc2)C1. The van der Waals surface area contributed by atoms with Crippen LogP contribution in [0.15, 0.2) is 48.5 Å². The fraction of sp³-hybridized carbons (Fsp3) is 0.211. The van der Waals surface area contributed by atoms with Crippen LogP contribution in [0.2, 0.25) is 5.02 Å². The van der Waals surface area contributed by atoms with Gasteiger partial charge >= 0.3 is 0 Å². The number of nitrogens with one attached hydrogen (secondary N) is 1. The first-order valence-electron chi connectivity index (χ1n) is 7.66. The van der Waals surface area contributed by atoms with Crippen molar-refractivity contribution in [3.05, 3.63) is 70.3 Å². The lowest BCUT2D eigenvalue weighted by atomic mass is 9.98. The summed E-state index contributed by atoms with van der Waals surface area (Å²) in [7, 11) is 2.11. The summed E-state index contributed by atoms with van der Waals surface area (Å²) >= 11 is 5.85. The van der Waals surface area contributed by atoms with Crippen molar-refractivity contribution in [2.24, 2.45) is 0 Å². The molecule has 2 aromatic rings. The van der Waals surface area contributed by atoms with Gasteiger partial charge in [0.1, 0.15) is 0 Å². The van der Waals surface area contributed by atoms with E-state index in [4.69, 9.17) is 11.6 Å². The third kappa shape index (κ3) is 4.01. The summed E-state index contributed by atoms with van der Waals surface area (Å²) in [6, 6.07) is 13.5. The monoisotopic (exact) mass is 326 g/mol. The minimum atomic E-state index is -0.118. The van der Waals surface area contributed by atoms with Crippen LogP contribution < -0.4 is 5.32 Å². The molecule has 3 nitrogen and oxygen atoms in total. The zero-order chi connectivity index (χ0) is 16.2. The van der Waals surface area contributed by atoms with Gasteiger partial charge < -0.3 is 10.2 Å². The number of halogens is 1. The van der Waals surface area contributed by atoms with Gasteiger partial charge in [-0.3, -0.25) is 4.79 Å². The first-order valence-corrected chi connectivity index (χ1v) is 8.03. The van der Waals surface area contributed by atoms with Gasteiger partial charge in [0, 0.05) is 29.9 Å². The van der Waals surface area contributed by atoms with Crippen molar-refractivity contribution in [3.63, 3.8) is 0 Å². The average Bonchev–Trinajstić information content (AvgIpc) is 2.54. The van der Waals surface area contributed by atoms with Gasteiger partial charge in [-0.2, -0.15) is 0 Å². The molecule has 0 saturated carbocycles. The van der Waals surface area contributed by atoms with E-state index in [1.807, 2.05) is 36.4 Å². The number of benzene rings is 2. The smallest absolute Gasteiger partial charge is 0.248 e. The average molecular weight is 327 g/mol. The van der Waals surface area contributed by atoms with E-state index in [1.54, 1.807) is 12.2 Å². The van der Waals surface area contributed by atoms with Crippen LogP contribution >= 0.6 is 11.6 Å². The summed E-state index contributed by atoms with van der Waals surface area (Å²) in [6.07, 6.45) is 4.30. The van der Waals surface area contributed by atoms with E-state index in [9.17, 15) is 4.79 Å². The number of hydrogen-bond acceptors (Lipinski definition) is 2. The molecule has 0 atom stereocenters. The molecule has 0 aliphatic carbocycles. The molecule has 1 amide bonds. The van der Waals surface area contributed by atoms with Crippen LogP contribution in [0.4, 0.5) is 5.69 Å². The van der Waals surface area contributed by atoms with E-state index in [2.05, 4.69) is 23.3 Å². The van der Waals surface area contributed by atoms with Crippen molar-refractivity contribution in [1.29, 1.82) is 0 Å². The Morgan fingerprint density at radius 3 is 2.78 bits per heavy atom. The maximum absolute atomic E-state index is 12.2. The molecule has 4 heteroatoms. The van der Waals surface area contributed by atoms with E-state index in [0.717, 1.165) is 30.8 Å². The van der Waals surface area contributed by atoms with Gasteiger partial charge in [-0.25, -0.2) is 0 Å². The lowest BCUT2D eigenvalue weighted by Crippen LogP contribution is -2.27. The minimum Gasteiger partial charge on any atom is -0.322 e. The van der Waals surface area contributed by atoms with Crippen molar-refractivity contribution in [2.45, 2.75) is 13.0 Å². The molecule has 0 radical (unpaired) electrons. The van der Waals surface area contributed by atoms with Crippen LogP contribution in [0.5, 0.6) is 0 Å². The highest BCUT2D eigenvalue weighted by atomic mass is 35.5. The number of anilines is 1. The van der Waals surface area contributed by atoms with Gasteiger partial charge in [-0.15, -0.1) is 0 Å². The minimum absolute atomic E-state index is 0.118. The normalized spacial score (nSPS) is 14.7. The molecule has 0 fully saturated rings. The topological polar surface area (TPSA) is 32.3 Å². The first kappa shape index (κ1) is 15.8. The molecule has 1 N–H and O–H groups in total. The predicted octanol–water partition coefficient (Wildman–Crippen LogP) is 3.98. The molecule has 0 unspecified atom stereocenters. The van der Waals surface area contributed by atoms with Gasteiger partial charge in [-0.1, -0.05) is 35.9 Å². The highest BCUT2D eigenvalue weighted by Crippen LogP contribution is 2.25. The fourth-order valence-corrected chi connectivity index (χ4v) is 2.91. The van der Waals surface area contributed by atoms with E-state index in [0.29, 0.717) is 5.02 Å². The molecule has 0 bridgehead atoms. The molecule has 1 aliphatic rings. The second-order valence-electron chi connectivity index (χ2n) is 5.81. The van der Waals surface area contributed by atoms with E-state index >= 15 is 0 Å². The molecule has 118 valence electrons. The lowest BCUT2D eigenvalue weighted by molar-refractivity contribution is -0.111. The number of carbonyl (C=O) groups excluding carboxylic acids is 1. The predicted molar refractivity (Wildman–Crippen MR) is 95.6 cm³/mol. The van der Waals surface area contributed by atoms with Gasteiger partial charge in [0.25, 0.3) is 0 Å². The van der Waals surface area contributed by atoms with Crippen LogP contribution in [-0.2, 0) is 17.8 Å². The summed E-state index contributed by atoms with van der Waals surface area (Å²) in [4.78, 5) is 14.5. The Labute approximate surface area is 141 Å². The maximum atomic E-state index is 12.2. The number of carbonyl (C=O) groups is 1. The summed E-state index contributed by atoms with van der Waals surface area (Å²) < 4.78 is 0. The quantitative estimate of drug-likeness (QED) is 0.865. The number of rotatable bonds is 3. The largest absolute Gasteiger partial charge is 0.322 e. The molecule has 3 rings (SSSR count). The Bertz CT molecular complexity index is 738. The molecular weight excluding hydrogens is 308 g/mol. The highest BCUT2D eigenvalue weighted by molar-refractivity contribution is 6.30. The molecule has 0 aromatic heterocycles. The van der Waals surface area contributed by atoms with E-state index in [1.165, 1.54) is 11.1 Å². The van der Waals surface area contributed by atoms with Crippen molar-refractivity contribution < 1.29 is 4.79 Å². The molecular formula is C19H19ClN2O. The molecule has 2 aromatic carbocycles. The number of hydrogen-bond donors (Lipinski definition) is 1. The van der Waals surface area contributed by atoms with Crippen LogP contribution in [0, 0.1) is 0 Å². The van der Waals surface area contributed by atoms with Crippen LogP contribution in [0.25, 0.3) is 6.08 Å². The van der Waals surface area contributed by atoms with E-state index < -0.39 is 0 Å². The number of likely N-dealkylation sites (N-methyl/N-ethyl adjacent to an activating group) is 1. The second kappa shape index (κ2) is 6.99. The Hall–Kier alpha value is -2.10. The number of nitrogens with zero attached hydrogens (tertiary/aromatic N) is 1.